The number of fused-ring (bicyclic) bond motifs is 2. The molecule has 264 valence electrons. The lowest BCUT2D eigenvalue weighted by Crippen LogP contribution is -2.46. The van der Waals surface area contributed by atoms with Gasteiger partial charge in [0, 0.05) is 47.1 Å². The Hall–Kier alpha value is -3.77. The van der Waals surface area contributed by atoms with Gasteiger partial charge in [-0.3, -0.25) is 14.4 Å². The van der Waals surface area contributed by atoms with Crippen LogP contribution >= 0.6 is 0 Å². The van der Waals surface area contributed by atoms with Gasteiger partial charge in [-0.2, -0.15) is 0 Å². The third kappa shape index (κ3) is 7.40. The summed E-state index contributed by atoms with van der Waals surface area (Å²) in [6.45, 7) is 12.6. The molecule has 5 rings (SSSR count). The van der Waals surface area contributed by atoms with Gasteiger partial charge in [-0.1, -0.05) is 30.2 Å². The molecule has 49 heavy (non-hydrogen) atoms. The van der Waals surface area contributed by atoms with E-state index in [9.17, 15) is 24.3 Å². The maximum Gasteiger partial charge on any atom is 0.264 e. The van der Waals surface area contributed by atoms with Gasteiger partial charge in [0.15, 0.2) is 13.9 Å². The molecule has 3 aliphatic heterocycles. The Balaban J connectivity index is 1.53. The van der Waals surface area contributed by atoms with Crippen LogP contribution in [0.1, 0.15) is 75.7 Å². The number of allylic oxidation sites excluding steroid dienone is 3. The van der Waals surface area contributed by atoms with E-state index in [1.165, 1.54) is 5.57 Å². The lowest BCUT2D eigenvalue weighted by Gasteiger charge is -2.32. The summed E-state index contributed by atoms with van der Waals surface area (Å²) in [5, 5.41) is 12.9. The summed E-state index contributed by atoms with van der Waals surface area (Å²) in [7, 11) is -3.01. The number of carbonyl (C=O) groups is 3. The van der Waals surface area contributed by atoms with Crippen molar-refractivity contribution in [3.8, 4) is 0 Å². The molecule has 0 bridgehead atoms. The molecule has 2 saturated heterocycles. The highest BCUT2D eigenvalue weighted by atomic mass is 28.4. The minimum atomic E-state index is -3.01. The summed E-state index contributed by atoms with van der Waals surface area (Å²) >= 11 is 0. The maximum absolute atomic E-state index is 14.8. The van der Waals surface area contributed by atoms with E-state index in [-0.39, 0.29) is 36.8 Å². The van der Waals surface area contributed by atoms with Crippen molar-refractivity contribution in [3.63, 3.8) is 0 Å². The largest absolute Gasteiger partial charge is 0.432 e. The smallest absolute Gasteiger partial charge is 0.264 e. The molecule has 2 aromatic rings. The van der Waals surface area contributed by atoms with Crippen molar-refractivity contribution >= 4 is 43.1 Å². The molecule has 0 saturated carbocycles. The second kappa shape index (κ2) is 14.6. The number of hydrogen-bond donors (Lipinski definition) is 4. The van der Waals surface area contributed by atoms with Gasteiger partial charge < -0.3 is 35.5 Å². The van der Waals surface area contributed by atoms with E-state index in [4.69, 9.17) is 10.5 Å². The van der Waals surface area contributed by atoms with E-state index in [0.29, 0.717) is 41.3 Å². The number of aliphatic hydroxyl groups excluding tert-OH is 1. The molecule has 3 amide bonds. The summed E-state index contributed by atoms with van der Waals surface area (Å²) in [5.74, 6) is -1.17. The van der Waals surface area contributed by atoms with Crippen LogP contribution in [0.3, 0.4) is 0 Å². The van der Waals surface area contributed by atoms with Crippen LogP contribution < -0.4 is 16.0 Å². The Morgan fingerprint density at radius 3 is 2.49 bits per heavy atom. The third-order valence-corrected chi connectivity index (χ3v) is 12.9. The first-order valence-corrected chi connectivity index (χ1v) is 20.4. The van der Waals surface area contributed by atoms with E-state index in [0.717, 1.165) is 31.3 Å². The second-order valence-electron chi connectivity index (χ2n) is 14.7. The monoisotopic (exact) mass is 688 g/mol. The number of nitrogens with two attached hydrogens (primary N) is 1. The molecule has 0 aliphatic carbocycles. The highest BCUT2D eigenvalue weighted by Gasteiger charge is 2.66. The molecule has 5 atom stereocenters. The number of benzene rings is 2. The first kappa shape index (κ1) is 36.5. The Morgan fingerprint density at radius 1 is 1.12 bits per heavy atom. The van der Waals surface area contributed by atoms with Gasteiger partial charge in [0.05, 0.1) is 30.9 Å². The van der Waals surface area contributed by atoms with Gasteiger partial charge in [0.1, 0.15) is 0 Å². The van der Waals surface area contributed by atoms with E-state index >= 15 is 0 Å². The molecule has 0 radical (unpaired) electrons. The zero-order valence-corrected chi connectivity index (χ0v) is 30.7. The van der Waals surface area contributed by atoms with E-state index in [2.05, 4.69) is 38.2 Å². The molecule has 2 aromatic carbocycles. The van der Waals surface area contributed by atoms with Gasteiger partial charge >= 0.3 is 0 Å². The molecule has 11 heteroatoms. The number of nitrogen functional groups attached to an aromatic ring is 1. The number of rotatable bonds is 11. The molecule has 2 fully saturated rings. The van der Waals surface area contributed by atoms with Crippen molar-refractivity contribution < 1.29 is 29.0 Å². The van der Waals surface area contributed by atoms with E-state index < -0.39 is 31.5 Å². The van der Waals surface area contributed by atoms with Crippen LogP contribution in [-0.4, -0.2) is 72.7 Å². The molecule has 0 unspecified atom stereocenters. The van der Waals surface area contributed by atoms with Gasteiger partial charge in [-0.25, -0.2) is 0 Å². The minimum Gasteiger partial charge on any atom is -0.432 e. The fraction of sp³-hybridized carbons (Fsp3) is 0.500. The lowest BCUT2D eigenvalue weighted by molar-refractivity contribution is -0.149. The fourth-order valence-electron chi connectivity index (χ4n) is 7.96. The van der Waals surface area contributed by atoms with Crippen LogP contribution in [0.5, 0.6) is 0 Å². The molecule has 10 nitrogen and oxygen atoms in total. The number of likely N-dealkylation sites (tertiary alicyclic amines) is 1. The van der Waals surface area contributed by atoms with Crippen molar-refractivity contribution in [1.29, 1.82) is 0 Å². The van der Waals surface area contributed by atoms with Gasteiger partial charge in [0.25, 0.3) is 11.8 Å². The molecule has 0 aromatic heterocycles. The average Bonchev–Trinajstić information content (AvgIpc) is 3.70. The van der Waals surface area contributed by atoms with Crippen LogP contribution in [0.25, 0.3) is 0 Å². The highest BCUT2D eigenvalue weighted by molar-refractivity contribution is 6.71. The first-order valence-electron chi connectivity index (χ1n) is 17.4. The SMILES string of the molecule is CC(C)=CCC/C(C)=C/CN1C(=O)[C@@]2(O[C@@H](CC(=O)N3CCC[C@H]3CO)[C@H]([Si](C)(C)O)[C@H]2C)c2cc(NC(=O)c3ccc(N)cc3)ccc21. The lowest BCUT2D eigenvalue weighted by atomic mass is 9.82. The Bertz CT molecular complexity index is 1630. The maximum atomic E-state index is 14.8. The van der Waals surface area contributed by atoms with Crippen molar-refractivity contribution in [1.82, 2.24) is 4.90 Å². The predicted molar refractivity (Wildman–Crippen MR) is 196 cm³/mol. The summed E-state index contributed by atoms with van der Waals surface area (Å²) in [5.41, 5.74) is 9.13. The zero-order chi connectivity index (χ0) is 35.7. The van der Waals surface area contributed by atoms with Gasteiger partial charge in [0.2, 0.25) is 5.91 Å². The normalized spacial score (nSPS) is 25.2. The van der Waals surface area contributed by atoms with Crippen LogP contribution in [0.15, 0.2) is 65.8 Å². The van der Waals surface area contributed by atoms with Crippen molar-refractivity contribution in [2.75, 3.05) is 35.6 Å². The van der Waals surface area contributed by atoms with Crippen molar-refractivity contribution in [2.24, 2.45) is 5.92 Å². The minimum absolute atomic E-state index is 0.00377. The van der Waals surface area contributed by atoms with Crippen LogP contribution in [0.2, 0.25) is 18.6 Å². The third-order valence-electron chi connectivity index (χ3n) is 10.4. The Morgan fingerprint density at radius 2 is 1.84 bits per heavy atom. The Labute approximate surface area is 291 Å². The summed E-state index contributed by atoms with van der Waals surface area (Å²) in [4.78, 5) is 56.9. The molecule has 1 spiro atoms. The standard InChI is InChI=1S/C38H52N4O6Si/c1-24(2)9-7-10-25(3)18-20-42-32-17-16-29(40-36(45)27-12-14-28(39)15-13-27)21-31(32)38(37(42)46)26(4)35(49(5,6)47)33(48-38)22-34(44)41-19-8-11-30(41)23-43/h9,12-18,21,26,30,33,35,43,47H,7-8,10-11,19-20,22-23,39H2,1-6H3,(H,40,45)/b25-18+/t26-,30+,33+,35-,38+/m1/s1. The molecular formula is C38H52N4O6Si. The number of amides is 3. The number of hydrogen-bond acceptors (Lipinski definition) is 7. The van der Waals surface area contributed by atoms with Crippen molar-refractivity contribution in [2.45, 2.75) is 96.2 Å². The number of carbonyl (C=O) groups excluding carboxylic acids is 3. The topological polar surface area (TPSA) is 145 Å². The molecular weight excluding hydrogens is 637 g/mol. The summed E-state index contributed by atoms with van der Waals surface area (Å²) in [6.07, 6.45) is 6.91. The predicted octanol–water partition coefficient (Wildman–Crippen LogP) is 5.73. The van der Waals surface area contributed by atoms with Crippen LogP contribution in [0, 0.1) is 5.92 Å². The quantitative estimate of drug-likeness (QED) is 0.134. The average molecular weight is 689 g/mol. The molecule has 3 heterocycles. The molecule has 3 aliphatic rings. The zero-order valence-electron chi connectivity index (χ0n) is 29.7. The number of ether oxygens (including phenoxy) is 1. The van der Waals surface area contributed by atoms with Crippen LogP contribution in [-0.2, 0) is 19.9 Å². The first-order chi connectivity index (χ1) is 23.2. The van der Waals surface area contributed by atoms with Gasteiger partial charge in [-0.15, -0.1) is 0 Å². The number of nitrogens with one attached hydrogen (secondary N) is 1. The van der Waals surface area contributed by atoms with E-state index in [1.54, 1.807) is 46.2 Å². The van der Waals surface area contributed by atoms with Gasteiger partial charge in [-0.05, 0) is 102 Å². The number of anilines is 3. The summed E-state index contributed by atoms with van der Waals surface area (Å²) < 4.78 is 6.90. The highest BCUT2D eigenvalue weighted by Crippen LogP contribution is 2.60. The summed E-state index contributed by atoms with van der Waals surface area (Å²) in [6, 6.07) is 11.8. The second-order valence-corrected chi connectivity index (χ2v) is 18.7. The number of nitrogens with zero attached hydrogens (tertiary/aromatic N) is 2. The molecule has 5 N–H and O–H groups in total. The van der Waals surface area contributed by atoms with E-state index in [1.807, 2.05) is 26.1 Å². The van der Waals surface area contributed by atoms with Crippen LogP contribution in [0.4, 0.5) is 17.1 Å². The number of aliphatic hydroxyl groups is 1. The van der Waals surface area contributed by atoms with Crippen molar-refractivity contribution in [3.05, 3.63) is 76.9 Å². The fourth-order valence-corrected chi connectivity index (χ4v) is 10.5. The Kier molecular flexibility index (Phi) is 10.9.